The first-order valence-electron chi connectivity index (χ1n) is 30.5. The number of ether oxygens (including phenoxy) is 4. The topological polar surface area (TPSA) is 213 Å². The first-order valence-corrected chi connectivity index (χ1v) is 30.9. The molecule has 0 saturated carbocycles. The number of carbonyl (C=O) groups is 2. The first-order chi connectivity index (χ1) is 39.1. The summed E-state index contributed by atoms with van der Waals surface area (Å²) in [6.07, 6.45) is 25.1. The molecule has 466 valence electrons. The minimum Gasteiger partial charge on any atom is -0.459 e. The lowest BCUT2D eigenvalue weighted by Gasteiger charge is -2.28. The zero-order chi connectivity index (χ0) is 61.6. The summed E-state index contributed by atoms with van der Waals surface area (Å²) in [5.74, 6) is -0.188. The van der Waals surface area contributed by atoms with Crippen LogP contribution in [0.15, 0.2) is 49.1 Å². The molecular formula is C65H107ClN10O7. The van der Waals surface area contributed by atoms with Crippen molar-refractivity contribution in [3.8, 4) is 0 Å². The second kappa shape index (κ2) is 37.6. The Bertz CT molecular complexity index is 2430. The number of aromatic nitrogens is 6. The van der Waals surface area contributed by atoms with Crippen LogP contribution in [-0.2, 0) is 67.1 Å². The molecule has 0 bridgehead atoms. The highest BCUT2D eigenvalue weighted by atomic mass is 35.5. The Hall–Kier alpha value is -4.75. The smallest absolute Gasteiger partial charge is 0.329 e. The molecule has 0 saturated heterocycles. The van der Waals surface area contributed by atoms with Crippen molar-refractivity contribution in [3.63, 3.8) is 0 Å². The summed E-state index contributed by atoms with van der Waals surface area (Å²) in [4.78, 5) is 55.9. The van der Waals surface area contributed by atoms with E-state index in [1.807, 2.05) is 62.3 Å². The van der Waals surface area contributed by atoms with Crippen molar-refractivity contribution in [2.75, 3.05) is 58.8 Å². The maximum absolute atomic E-state index is 13.0. The number of nitrogens with two attached hydrogens (primary N) is 1. The Morgan fingerprint density at radius 3 is 1.46 bits per heavy atom. The van der Waals surface area contributed by atoms with Gasteiger partial charge in [0.25, 0.3) is 0 Å². The van der Waals surface area contributed by atoms with Gasteiger partial charge >= 0.3 is 11.9 Å². The van der Waals surface area contributed by atoms with Crippen LogP contribution in [0.5, 0.6) is 0 Å². The molecule has 0 aromatic carbocycles. The largest absolute Gasteiger partial charge is 0.459 e. The molecule has 4 atom stereocenters. The fraction of sp³-hybridized carbons (Fsp3) is 0.692. The molecule has 4 aromatic rings. The van der Waals surface area contributed by atoms with Crippen LogP contribution in [0.1, 0.15) is 192 Å². The number of esters is 2. The average Bonchev–Trinajstić information content (AvgIpc) is 3.47. The van der Waals surface area contributed by atoms with Gasteiger partial charge in [0.05, 0.1) is 17.8 Å². The quantitative estimate of drug-likeness (QED) is 0.0288. The van der Waals surface area contributed by atoms with Gasteiger partial charge in [-0.25, -0.2) is 24.7 Å². The van der Waals surface area contributed by atoms with E-state index in [9.17, 15) is 9.59 Å². The van der Waals surface area contributed by atoms with Crippen molar-refractivity contribution in [1.29, 1.82) is 0 Å². The second-order valence-corrected chi connectivity index (χ2v) is 25.4. The second-order valence-electron chi connectivity index (χ2n) is 25.1. The minimum atomic E-state index is -0.598. The number of rotatable bonds is 27. The Kier molecular flexibility index (Phi) is 32.9. The van der Waals surface area contributed by atoms with E-state index in [1.54, 1.807) is 52.9 Å². The van der Waals surface area contributed by atoms with Gasteiger partial charge in [0.2, 0.25) is 11.2 Å². The third kappa shape index (κ3) is 32.4. The van der Waals surface area contributed by atoms with Gasteiger partial charge in [0, 0.05) is 88.0 Å². The Morgan fingerprint density at radius 1 is 0.639 bits per heavy atom. The molecule has 2 aliphatic carbocycles. The zero-order valence-electron chi connectivity index (χ0n) is 53.6. The van der Waals surface area contributed by atoms with E-state index in [0.717, 1.165) is 108 Å². The van der Waals surface area contributed by atoms with E-state index in [1.165, 1.54) is 72.4 Å². The maximum Gasteiger partial charge on any atom is 0.329 e. The third-order valence-electron chi connectivity index (χ3n) is 14.2. The van der Waals surface area contributed by atoms with Gasteiger partial charge in [-0.15, -0.1) is 0 Å². The lowest BCUT2D eigenvalue weighted by Crippen LogP contribution is -2.41. The van der Waals surface area contributed by atoms with Crippen LogP contribution in [0.4, 0.5) is 5.95 Å². The highest BCUT2D eigenvalue weighted by Crippen LogP contribution is 2.22. The molecule has 0 fully saturated rings. The number of nitrogens with one attached hydrogen (secondary N) is 1. The van der Waals surface area contributed by atoms with Gasteiger partial charge in [0.1, 0.15) is 23.3 Å². The van der Waals surface area contributed by atoms with Gasteiger partial charge in [-0.1, -0.05) is 19.1 Å². The standard InChI is InChI=1S/C30H47N5O3.C25H43N3O3.C5H5ClN2.C5H12O/c1-22-19-31-29(32-20-22)34-27(28(36)38-30(3,4)5)16-18-35(21-23(2)37-6)17-10-9-12-25-15-14-24-11-7-8-13-26(24)33-25;1-19(30-5)18-28(17-15-22(26)24(29)31-25(2,3)4)16-9-8-11-21-14-13-20-10-6-7-12-23(20)27-21;1-4-2-7-5(6)8-3-4;1-4-5(2,3)6/h14-15,19-20,23,27H,7-13,16-18,21H2,1-6H3,(H,31,32,34);13-14,19,22H,6-12,15-18,26H2,1-5H3;2-3H,1H3;6H,4H2,1-3H3/t23-,27+;19-,22+;;/m11../s1. The number of nitrogens with zero attached hydrogens (tertiary/aromatic N) is 8. The number of fused-ring (bicyclic) bond motifs is 2. The van der Waals surface area contributed by atoms with E-state index in [4.69, 9.17) is 51.4 Å². The molecule has 2 aliphatic rings. The van der Waals surface area contributed by atoms with Crippen LogP contribution in [0.25, 0.3) is 0 Å². The van der Waals surface area contributed by atoms with E-state index in [0.29, 0.717) is 24.1 Å². The molecule has 4 heterocycles. The highest BCUT2D eigenvalue weighted by Gasteiger charge is 2.28. The number of anilines is 1. The van der Waals surface area contributed by atoms with Crippen LogP contribution >= 0.6 is 11.6 Å². The number of halogens is 1. The SMILES string of the molecule is CCC(C)(C)O.CO[C@H](C)CN(CCCCc1ccc2c(n1)CCCC2)CC[C@H](N)C(=O)OC(C)(C)C.CO[C@H](C)CN(CCCCc1ccc2c(n1)CCCC2)CC[C@H](Nc1ncc(C)cn1)C(=O)OC(C)(C)C.Cc1cnc(Cl)nc1. The van der Waals surface area contributed by atoms with E-state index >= 15 is 0 Å². The monoisotopic (exact) mass is 1170 g/mol. The molecule has 17 nitrogen and oxygen atoms in total. The van der Waals surface area contributed by atoms with Crippen molar-refractivity contribution in [2.45, 2.75) is 240 Å². The summed E-state index contributed by atoms with van der Waals surface area (Å²) in [5.41, 5.74) is 14.4. The predicted octanol–water partition coefficient (Wildman–Crippen LogP) is 11.2. The van der Waals surface area contributed by atoms with Gasteiger partial charge in [-0.05, 0) is 251 Å². The number of methoxy groups -OCH3 is 2. The van der Waals surface area contributed by atoms with Gasteiger partial charge < -0.3 is 44.9 Å². The van der Waals surface area contributed by atoms with Crippen molar-refractivity contribution in [1.82, 2.24) is 39.7 Å². The predicted molar refractivity (Wildman–Crippen MR) is 335 cm³/mol. The minimum absolute atomic E-state index is 0.102. The van der Waals surface area contributed by atoms with E-state index in [-0.39, 0.29) is 24.1 Å². The number of aliphatic hydroxyl groups is 1. The summed E-state index contributed by atoms with van der Waals surface area (Å²) in [7, 11) is 3.47. The summed E-state index contributed by atoms with van der Waals surface area (Å²) < 4.78 is 22.1. The highest BCUT2D eigenvalue weighted by molar-refractivity contribution is 6.28. The lowest BCUT2D eigenvalue weighted by atomic mass is 9.95. The molecule has 4 aromatic heterocycles. The van der Waals surface area contributed by atoms with Crippen LogP contribution in [-0.4, -0.2) is 151 Å². The summed E-state index contributed by atoms with van der Waals surface area (Å²) in [5, 5.41) is 12.3. The Balaban J connectivity index is 0.000000356. The third-order valence-corrected chi connectivity index (χ3v) is 14.4. The molecule has 0 aliphatic heterocycles. The summed E-state index contributed by atoms with van der Waals surface area (Å²) >= 11 is 5.39. The zero-order valence-corrected chi connectivity index (χ0v) is 54.4. The van der Waals surface area contributed by atoms with Crippen molar-refractivity contribution < 1.29 is 33.6 Å². The van der Waals surface area contributed by atoms with Crippen LogP contribution in [0.3, 0.4) is 0 Å². The molecule has 4 N–H and O–H groups in total. The number of carbonyl (C=O) groups excluding carboxylic acids is 2. The fourth-order valence-electron chi connectivity index (χ4n) is 9.03. The Morgan fingerprint density at radius 2 is 1.05 bits per heavy atom. The molecule has 83 heavy (non-hydrogen) atoms. The van der Waals surface area contributed by atoms with Crippen molar-refractivity contribution >= 4 is 29.5 Å². The van der Waals surface area contributed by atoms with Gasteiger partial charge in [-0.3, -0.25) is 14.8 Å². The summed E-state index contributed by atoms with van der Waals surface area (Å²) in [6, 6.07) is 7.83. The van der Waals surface area contributed by atoms with Crippen LogP contribution in [0, 0.1) is 13.8 Å². The molecular weight excluding hydrogens is 1070 g/mol. The van der Waals surface area contributed by atoms with E-state index in [2.05, 4.69) is 73.2 Å². The molecule has 18 heteroatoms. The fourth-order valence-corrected chi connectivity index (χ4v) is 9.13. The van der Waals surface area contributed by atoms with Crippen molar-refractivity contribution in [2.24, 2.45) is 5.73 Å². The summed E-state index contributed by atoms with van der Waals surface area (Å²) in [6.45, 7) is 29.8. The molecule has 0 spiro atoms. The lowest BCUT2D eigenvalue weighted by molar-refractivity contribution is -0.157. The first kappa shape index (κ1) is 72.5. The number of hydrogen-bond acceptors (Lipinski definition) is 17. The number of aryl methyl sites for hydroxylation is 8. The number of hydrogen-bond donors (Lipinski definition) is 3. The van der Waals surface area contributed by atoms with Crippen LogP contribution in [0.2, 0.25) is 5.28 Å². The molecule has 0 amide bonds. The van der Waals surface area contributed by atoms with Gasteiger partial charge in [-0.2, -0.15) is 0 Å². The maximum atomic E-state index is 13.0. The molecule has 0 radical (unpaired) electrons. The average molecular weight is 1180 g/mol. The normalized spacial score (nSPS) is 14.7. The Labute approximate surface area is 504 Å². The number of pyridine rings is 2. The molecule has 0 unspecified atom stereocenters. The number of unbranched alkanes of at least 4 members (excludes halogenated alkanes) is 2. The van der Waals surface area contributed by atoms with Crippen LogP contribution < -0.4 is 11.1 Å². The molecule has 6 rings (SSSR count). The van der Waals surface area contributed by atoms with Crippen molar-refractivity contribution in [3.05, 3.63) is 99.4 Å². The van der Waals surface area contributed by atoms with E-state index < -0.39 is 28.9 Å². The van der Waals surface area contributed by atoms with Gasteiger partial charge in [0.15, 0.2) is 0 Å².